The molecule has 7 heteroatoms. The number of nitrogen functional groups attached to an aromatic ring is 1. The Bertz CT molecular complexity index is 804. The number of amides is 1. The molecule has 0 spiro atoms. The number of Topliss-reactive ketones (excluding diaryl/α,β-unsaturated/α-hetero) is 1. The molecule has 1 amide bonds. The predicted molar refractivity (Wildman–Crippen MR) is 88.6 cm³/mol. The molecule has 1 aliphatic rings. The van der Waals surface area contributed by atoms with Crippen molar-refractivity contribution < 1.29 is 18.4 Å². The molecule has 1 unspecified atom stereocenters. The molecule has 1 aliphatic carbocycles. The molecule has 24 heavy (non-hydrogen) atoms. The quantitative estimate of drug-likeness (QED) is 0.888. The zero-order valence-electron chi connectivity index (χ0n) is 12.7. The molecule has 4 N–H and O–H groups in total. The zero-order chi connectivity index (χ0) is 17.5. The smallest absolute Gasteiger partial charge is 0.251 e. The third kappa shape index (κ3) is 2.49. The topological polar surface area (TPSA) is 86.2 Å². The summed E-state index contributed by atoms with van der Waals surface area (Å²) in [6, 6.07) is 8.60. The lowest BCUT2D eigenvalue weighted by molar-refractivity contribution is 0.0668. The fraction of sp³-hybridized carbons (Fsp3) is 0.294. The highest BCUT2D eigenvalue weighted by Crippen LogP contribution is 2.47. The Kier molecular flexibility index (Phi) is 4.13. The molecule has 0 aliphatic heterocycles. The van der Waals surface area contributed by atoms with Gasteiger partial charge in [-0.1, -0.05) is 30.3 Å². The number of carbonyl (C=O) groups is 2. The van der Waals surface area contributed by atoms with Crippen LogP contribution in [0.1, 0.15) is 44.0 Å². The summed E-state index contributed by atoms with van der Waals surface area (Å²) in [6.07, 6.45) is -2.67. The molecule has 0 saturated carbocycles. The van der Waals surface area contributed by atoms with Crippen LogP contribution in [0.4, 0.5) is 13.8 Å². The highest BCUT2D eigenvalue weighted by molar-refractivity contribution is 7.18. The highest BCUT2D eigenvalue weighted by atomic mass is 32.1. The molecular weight excluding hydrogens is 334 g/mol. The molecule has 1 heterocycles. The maximum absolute atomic E-state index is 13.3. The first-order valence-corrected chi connectivity index (χ1v) is 8.28. The molecule has 1 atom stereocenters. The summed E-state index contributed by atoms with van der Waals surface area (Å²) in [5.41, 5.74) is 11.1. The molecule has 0 fully saturated rings. The van der Waals surface area contributed by atoms with Crippen LogP contribution in [-0.4, -0.2) is 18.1 Å². The van der Waals surface area contributed by atoms with Crippen molar-refractivity contribution in [2.24, 2.45) is 5.73 Å². The first-order chi connectivity index (χ1) is 11.4. The predicted octanol–water partition coefficient (Wildman–Crippen LogP) is 3.15. The van der Waals surface area contributed by atoms with Crippen LogP contribution in [0.2, 0.25) is 0 Å². The van der Waals surface area contributed by atoms with Gasteiger partial charge in [0.2, 0.25) is 6.43 Å². The van der Waals surface area contributed by atoms with Crippen molar-refractivity contribution >= 4 is 28.0 Å². The normalized spacial score (nSPS) is 20.2. The number of thiophene rings is 1. The SMILES string of the molecule is NC(=O)c1c(N)sc2c1CCC(CC(F)F)(c1ccccc1)C2=O. The van der Waals surface area contributed by atoms with Crippen molar-refractivity contribution in [3.8, 4) is 0 Å². The number of benzene rings is 1. The average molecular weight is 350 g/mol. The second-order valence-electron chi connectivity index (χ2n) is 5.89. The lowest BCUT2D eigenvalue weighted by Gasteiger charge is -2.36. The van der Waals surface area contributed by atoms with E-state index in [9.17, 15) is 18.4 Å². The summed E-state index contributed by atoms with van der Waals surface area (Å²) in [5, 5.41) is 0.168. The molecule has 2 aromatic rings. The summed E-state index contributed by atoms with van der Waals surface area (Å²) in [4.78, 5) is 25.0. The number of anilines is 1. The maximum Gasteiger partial charge on any atom is 0.251 e. The summed E-state index contributed by atoms with van der Waals surface area (Å²) >= 11 is 0.960. The number of fused-ring (bicyclic) bond motifs is 1. The Balaban J connectivity index is 2.16. The van der Waals surface area contributed by atoms with Gasteiger partial charge >= 0.3 is 0 Å². The van der Waals surface area contributed by atoms with Gasteiger partial charge in [0.15, 0.2) is 5.78 Å². The van der Waals surface area contributed by atoms with Gasteiger partial charge in [0.05, 0.1) is 20.9 Å². The molecule has 0 bridgehead atoms. The van der Waals surface area contributed by atoms with Crippen LogP contribution in [0.5, 0.6) is 0 Å². The number of ketones is 1. The Hall–Kier alpha value is -2.28. The van der Waals surface area contributed by atoms with E-state index in [0.29, 0.717) is 17.5 Å². The molecule has 1 aromatic heterocycles. The van der Waals surface area contributed by atoms with Crippen molar-refractivity contribution in [3.05, 3.63) is 51.9 Å². The lowest BCUT2D eigenvalue weighted by Crippen LogP contribution is -2.41. The molecule has 0 saturated heterocycles. The Morgan fingerprint density at radius 2 is 1.96 bits per heavy atom. The molecule has 3 rings (SSSR count). The van der Waals surface area contributed by atoms with Gasteiger partial charge in [0.25, 0.3) is 5.91 Å². The minimum Gasteiger partial charge on any atom is -0.390 e. The maximum atomic E-state index is 13.3. The van der Waals surface area contributed by atoms with Crippen LogP contribution in [0.15, 0.2) is 30.3 Å². The van der Waals surface area contributed by atoms with E-state index < -0.39 is 30.0 Å². The van der Waals surface area contributed by atoms with Crippen LogP contribution in [0.3, 0.4) is 0 Å². The van der Waals surface area contributed by atoms with Crippen LogP contribution in [0, 0.1) is 0 Å². The second kappa shape index (κ2) is 5.98. The van der Waals surface area contributed by atoms with E-state index in [4.69, 9.17) is 11.5 Å². The monoisotopic (exact) mass is 350 g/mol. The standard InChI is InChI=1S/C17H16F2N2O2S/c18-11(19)8-17(9-4-2-1-3-5-9)7-6-10-12(15(20)23)16(21)24-13(10)14(17)22/h1-5,11H,6-8,21H2,(H2,20,23). The van der Waals surface area contributed by atoms with Crippen molar-refractivity contribution in [1.82, 2.24) is 0 Å². The van der Waals surface area contributed by atoms with Gasteiger partial charge in [-0.15, -0.1) is 11.3 Å². The number of primary amides is 1. The first kappa shape index (κ1) is 16.6. The van der Waals surface area contributed by atoms with Crippen molar-refractivity contribution in [2.45, 2.75) is 31.1 Å². The number of hydrogen-bond donors (Lipinski definition) is 2. The van der Waals surface area contributed by atoms with Crippen molar-refractivity contribution in [2.75, 3.05) is 5.73 Å². The highest BCUT2D eigenvalue weighted by Gasteiger charge is 2.47. The van der Waals surface area contributed by atoms with Gasteiger partial charge in [-0.25, -0.2) is 8.78 Å². The van der Waals surface area contributed by atoms with E-state index in [0.717, 1.165) is 11.3 Å². The Morgan fingerprint density at radius 1 is 1.29 bits per heavy atom. The third-order valence-electron chi connectivity index (χ3n) is 4.55. The first-order valence-electron chi connectivity index (χ1n) is 7.46. The number of hydrogen-bond acceptors (Lipinski definition) is 4. The van der Waals surface area contributed by atoms with Crippen LogP contribution in [-0.2, 0) is 11.8 Å². The van der Waals surface area contributed by atoms with Gasteiger partial charge in [-0.2, -0.15) is 0 Å². The van der Waals surface area contributed by atoms with Gasteiger partial charge in [-0.3, -0.25) is 9.59 Å². The van der Waals surface area contributed by atoms with Crippen LogP contribution < -0.4 is 11.5 Å². The van der Waals surface area contributed by atoms with Gasteiger partial charge in [0, 0.05) is 6.42 Å². The van der Waals surface area contributed by atoms with Crippen LogP contribution >= 0.6 is 11.3 Å². The minimum atomic E-state index is -2.62. The number of rotatable bonds is 4. The largest absolute Gasteiger partial charge is 0.390 e. The summed E-state index contributed by atoms with van der Waals surface area (Å²) in [5.74, 6) is -1.10. The summed E-state index contributed by atoms with van der Waals surface area (Å²) in [6.45, 7) is 0. The number of alkyl halides is 2. The number of carbonyl (C=O) groups excluding carboxylic acids is 2. The van der Waals surface area contributed by atoms with E-state index in [2.05, 4.69) is 0 Å². The molecular formula is C17H16F2N2O2S. The average Bonchev–Trinajstić information content (AvgIpc) is 2.88. The van der Waals surface area contributed by atoms with Gasteiger partial charge < -0.3 is 11.5 Å². The number of halogens is 2. The van der Waals surface area contributed by atoms with E-state index in [1.165, 1.54) is 0 Å². The Labute approximate surface area is 141 Å². The fourth-order valence-corrected chi connectivity index (χ4v) is 4.62. The molecule has 0 radical (unpaired) electrons. The fourth-order valence-electron chi connectivity index (χ4n) is 3.45. The van der Waals surface area contributed by atoms with Crippen LogP contribution in [0.25, 0.3) is 0 Å². The van der Waals surface area contributed by atoms with E-state index in [1.54, 1.807) is 30.3 Å². The third-order valence-corrected chi connectivity index (χ3v) is 5.61. The summed E-state index contributed by atoms with van der Waals surface area (Å²) < 4.78 is 26.5. The van der Waals surface area contributed by atoms with E-state index >= 15 is 0 Å². The minimum absolute atomic E-state index is 0.155. The summed E-state index contributed by atoms with van der Waals surface area (Å²) in [7, 11) is 0. The van der Waals surface area contributed by atoms with Crippen molar-refractivity contribution in [3.63, 3.8) is 0 Å². The van der Waals surface area contributed by atoms with E-state index in [1.807, 2.05) is 0 Å². The van der Waals surface area contributed by atoms with E-state index in [-0.39, 0.29) is 21.9 Å². The number of nitrogens with two attached hydrogens (primary N) is 2. The van der Waals surface area contributed by atoms with Crippen molar-refractivity contribution in [1.29, 1.82) is 0 Å². The van der Waals surface area contributed by atoms with Gasteiger partial charge in [0.1, 0.15) is 0 Å². The Morgan fingerprint density at radius 3 is 2.54 bits per heavy atom. The van der Waals surface area contributed by atoms with Gasteiger partial charge in [-0.05, 0) is 24.0 Å². The zero-order valence-corrected chi connectivity index (χ0v) is 13.5. The molecule has 4 nitrogen and oxygen atoms in total. The molecule has 126 valence electrons. The molecule has 1 aromatic carbocycles. The lowest BCUT2D eigenvalue weighted by atomic mass is 9.66. The second-order valence-corrected chi connectivity index (χ2v) is 6.94.